The van der Waals surface area contributed by atoms with E-state index in [0.717, 1.165) is 11.6 Å². The van der Waals surface area contributed by atoms with Crippen LogP contribution < -0.4 is 5.32 Å². The lowest BCUT2D eigenvalue weighted by molar-refractivity contribution is -0.115. The Morgan fingerprint density at radius 2 is 1.81 bits per heavy atom. The number of ketones is 1. The number of hydrogen-bond acceptors (Lipinski definition) is 2. The van der Waals surface area contributed by atoms with Crippen LogP contribution in [0.1, 0.15) is 29.3 Å². The summed E-state index contributed by atoms with van der Waals surface area (Å²) in [5.41, 5.74) is 1.39. The van der Waals surface area contributed by atoms with E-state index in [2.05, 4.69) is 5.32 Å². The van der Waals surface area contributed by atoms with Gasteiger partial charge in [0, 0.05) is 18.4 Å². The minimum Gasteiger partial charge on any atom is -0.325 e. The van der Waals surface area contributed by atoms with Crippen LogP contribution in [0.2, 0.25) is 0 Å². The molecule has 2 aromatic carbocycles. The van der Waals surface area contributed by atoms with Gasteiger partial charge >= 0.3 is 0 Å². The molecule has 21 heavy (non-hydrogen) atoms. The zero-order valence-electron chi connectivity index (χ0n) is 11.7. The summed E-state index contributed by atoms with van der Waals surface area (Å²) in [7, 11) is 0. The van der Waals surface area contributed by atoms with Gasteiger partial charge in [0.1, 0.15) is 5.82 Å². The zero-order chi connectivity index (χ0) is 15.2. The molecule has 0 heterocycles. The summed E-state index contributed by atoms with van der Waals surface area (Å²) >= 11 is 0. The van der Waals surface area contributed by atoms with E-state index < -0.39 is 5.82 Å². The number of benzene rings is 2. The summed E-state index contributed by atoms with van der Waals surface area (Å²) < 4.78 is 13.4. The first-order valence-electron chi connectivity index (χ1n) is 6.76. The first-order chi connectivity index (χ1) is 10.1. The number of hydrogen-bond donors (Lipinski definition) is 1. The van der Waals surface area contributed by atoms with Crippen LogP contribution in [0.5, 0.6) is 0 Å². The topological polar surface area (TPSA) is 46.2 Å². The summed E-state index contributed by atoms with van der Waals surface area (Å²) in [5.74, 6) is -0.941. The third-order valence-electron chi connectivity index (χ3n) is 3.08. The molecule has 2 rings (SSSR count). The van der Waals surface area contributed by atoms with Crippen molar-refractivity contribution in [2.75, 3.05) is 5.32 Å². The quantitative estimate of drug-likeness (QED) is 0.853. The molecular weight excluding hydrogens is 269 g/mol. The van der Waals surface area contributed by atoms with Crippen molar-refractivity contribution in [2.45, 2.75) is 19.8 Å². The van der Waals surface area contributed by atoms with E-state index in [9.17, 15) is 14.0 Å². The van der Waals surface area contributed by atoms with Gasteiger partial charge < -0.3 is 5.32 Å². The maximum absolute atomic E-state index is 13.4. The van der Waals surface area contributed by atoms with Gasteiger partial charge in [-0.3, -0.25) is 9.59 Å². The molecule has 0 saturated carbocycles. The van der Waals surface area contributed by atoms with Crippen LogP contribution in [-0.4, -0.2) is 11.7 Å². The normalized spacial score (nSPS) is 10.2. The van der Waals surface area contributed by atoms with E-state index in [1.807, 2.05) is 30.3 Å². The molecule has 108 valence electrons. The Bertz CT molecular complexity index is 653. The van der Waals surface area contributed by atoms with Crippen LogP contribution in [0, 0.1) is 5.82 Å². The lowest BCUT2D eigenvalue weighted by atomic mass is 10.0. The van der Waals surface area contributed by atoms with E-state index in [1.54, 1.807) is 6.92 Å². The molecule has 0 radical (unpaired) electrons. The number of amides is 1. The summed E-state index contributed by atoms with van der Waals surface area (Å²) in [4.78, 5) is 23.8. The second-order valence-corrected chi connectivity index (χ2v) is 4.68. The van der Waals surface area contributed by atoms with Gasteiger partial charge in [0.15, 0.2) is 5.78 Å². The summed E-state index contributed by atoms with van der Waals surface area (Å²) in [6.45, 7) is 1.71. The molecule has 0 aliphatic rings. The predicted molar refractivity (Wildman–Crippen MR) is 79.8 cm³/mol. The fourth-order valence-corrected chi connectivity index (χ4v) is 1.97. The largest absolute Gasteiger partial charge is 0.325 e. The molecule has 0 saturated heterocycles. The standard InChI is InChI=1S/C17H16FNO2/c1-2-17(21)19-15-9-8-13(18)11-14(15)16(20)10-12-6-4-3-5-7-12/h3-9,11H,2,10H2,1H3,(H,19,21). The molecule has 0 unspecified atom stereocenters. The molecule has 1 amide bonds. The molecule has 0 aromatic heterocycles. The molecule has 3 nitrogen and oxygen atoms in total. The van der Waals surface area contributed by atoms with Crippen molar-refractivity contribution in [3.05, 3.63) is 65.5 Å². The highest BCUT2D eigenvalue weighted by molar-refractivity contribution is 6.05. The zero-order valence-corrected chi connectivity index (χ0v) is 11.7. The Labute approximate surface area is 122 Å². The van der Waals surface area contributed by atoms with Crippen molar-refractivity contribution in [1.29, 1.82) is 0 Å². The molecular formula is C17H16FNO2. The first-order valence-corrected chi connectivity index (χ1v) is 6.76. The number of nitrogens with one attached hydrogen (secondary N) is 1. The van der Waals surface area contributed by atoms with Gasteiger partial charge in [-0.25, -0.2) is 4.39 Å². The second-order valence-electron chi connectivity index (χ2n) is 4.68. The molecule has 4 heteroatoms. The molecule has 0 aliphatic carbocycles. The fraction of sp³-hybridized carbons (Fsp3) is 0.176. The monoisotopic (exact) mass is 285 g/mol. The molecule has 2 aromatic rings. The van der Waals surface area contributed by atoms with E-state index in [-0.39, 0.29) is 23.7 Å². The minimum absolute atomic E-state index is 0.166. The van der Waals surface area contributed by atoms with E-state index in [0.29, 0.717) is 12.1 Å². The van der Waals surface area contributed by atoms with Crippen molar-refractivity contribution in [2.24, 2.45) is 0 Å². The Morgan fingerprint density at radius 3 is 2.48 bits per heavy atom. The van der Waals surface area contributed by atoms with Gasteiger partial charge in [-0.2, -0.15) is 0 Å². The van der Waals surface area contributed by atoms with Gasteiger partial charge in [-0.15, -0.1) is 0 Å². The van der Waals surface area contributed by atoms with Crippen LogP contribution in [-0.2, 0) is 11.2 Å². The third kappa shape index (κ3) is 3.99. The highest BCUT2D eigenvalue weighted by atomic mass is 19.1. The minimum atomic E-state index is -0.499. The van der Waals surface area contributed by atoms with Crippen molar-refractivity contribution < 1.29 is 14.0 Å². The number of Topliss-reactive ketones (excluding diaryl/α,β-unsaturated/α-hetero) is 1. The van der Waals surface area contributed by atoms with Crippen molar-refractivity contribution in [3.8, 4) is 0 Å². The van der Waals surface area contributed by atoms with Gasteiger partial charge in [0.2, 0.25) is 5.91 Å². The molecule has 0 aliphatic heterocycles. The molecule has 0 bridgehead atoms. The molecule has 0 atom stereocenters. The van der Waals surface area contributed by atoms with E-state index in [4.69, 9.17) is 0 Å². The number of rotatable bonds is 5. The molecule has 0 spiro atoms. The predicted octanol–water partition coefficient (Wildman–Crippen LogP) is 3.60. The van der Waals surface area contributed by atoms with Crippen LogP contribution in [0.3, 0.4) is 0 Å². The lowest BCUT2D eigenvalue weighted by Crippen LogP contribution is -2.14. The number of carbonyl (C=O) groups is 2. The van der Waals surface area contributed by atoms with Crippen molar-refractivity contribution in [3.63, 3.8) is 0 Å². The lowest BCUT2D eigenvalue weighted by Gasteiger charge is -2.10. The molecule has 1 N–H and O–H groups in total. The number of anilines is 1. The second kappa shape index (κ2) is 6.79. The maximum Gasteiger partial charge on any atom is 0.224 e. The molecule has 0 fully saturated rings. The van der Waals surface area contributed by atoms with Gasteiger partial charge in [0.05, 0.1) is 5.69 Å². The van der Waals surface area contributed by atoms with Gasteiger partial charge in [0.25, 0.3) is 0 Å². The average molecular weight is 285 g/mol. The van der Waals surface area contributed by atoms with Crippen LogP contribution in [0.4, 0.5) is 10.1 Å². The summed E-state index contributed by atoms with van der Waals surface area (Å²) in [6.07, 6.45) is 0.461. The summed E-state index contributed by atoms with van der Waals surface area (Å²) in [5, 5.41) is 2.63. The van der Waals surface area contributed by atoms with Crippen LogP contribution in [0.25, 0.3) is 0 Å². The number of halogens is 1. The fourth-order valence-electron chi connectivity index (χ4n) is 1.97. The highest BCUT2D eigenvalue weighted by Gasteiger charge is 2.14. The van der Waals surface area contributed by atoms with E-state index >= 15 is 0 Å². The first kappa shape index (κ1) is 14.9. The Hall–Kier alpha value is -2.49. The third-order valence-corrected chi connectivity index (χ3v) is 3.08. The average Bonchev–Trinajstić information content (AvgIpc) is 2.49. The van der Waals surface area contributed by atoms with Crippen molar-refractivity contribution in [1.82, 2.24) is 0 Å². The highest BCUT2D eigenvalue weighted by Crippen LogP contribution is 2.20. The van der Waals surface area contributed by atoms with Crippen molar-refractivity contribution >= 4 is 17.4 Å². The summed E-state index contributed by atoms with van der Waals surface area (Å²) in [6, 6.07) is 13.0. The van der Waals surface area contributed by atoms with Crippen LogP contribution in [0.15, 0.2) is 48.5 Å². The number of carbonyl (C=O) groups excluding carboxylic acids is 2. The Balaban J connectivity index is 2.26. The maximum atomic E-state index is 13.4. The smallest absolute Gasteiger partial charge is 0.224 e. The Morgan fingerprint density at radius 1 is 1.10 bits per heavy atom. The van der Waals surface area contributed by atoms with Gasteiger partial charge in [-0.1, -0.05) is 37.3 Å². The van der Waals surface area contributed by atoms with Crippen LogP contribution >= 0.6 is 0 Å². The van der Waals surface area contributed by atoms with E-state index in [1.165, 1.54) is 12.1 Å². The SMILES string of the molecule is CCC(=O)Nc1ccc(F)cc1C(=O)Cc1ccccc1. The van der Waals surface area contributed by atoms with Gasteiger partial charge in [-0.05, 0) is 23.8 Å². The Kier molecular flexibility index (Phi) is 4.82.